The Balaban J connectivity index is 1.50. The molecule has 0 aliphatic carbocycles. The van der Waals surface area contributed by atoms with Gasteiger partial charge in [0.2, 0.25) is 5.91 Å². The maximum Gasteiger partial charge on any atom is 0.234 e. The molecule has 2 aromatic rings. The lowest BCUT2D eigenvalue weighted by molar-refractivity contribution is -0.128. The number of furan rings is 1. The van der Waals surface area contributed by atoms with Gasteiger partial charge in [0.15, 0.2) is 0 Å². The summed E-state index contributed by atoms with van der Waals surface area (Å²) in [6.45, 7) is 3.56. The molecule has 2 saturated heterocycles. The zero-order valence-corrected chi connectivity index (χ0v) is 13.3. The Morgan fingerprint density at radius 2 is 2.23 bits per heavy atom. The van der Waals surface area contributed by atoms with Crippen molar-refractivity contribution in [3.8, 4) is 0 Å². The van der Waals surface area contributed by atoms with Crippen molar-refractivity contribution in [3.63, 3.8) is 0 Å². The van der Waals surface area contributed by atoms with E-state index >= 15 is 0 Å². The summed E-state index contributed by atoms with van der Waals surface area (Å²) in [4.78, 5) is 17.4. The van der Waals surface area contributed by atoms with Crippen molar-refractivity contribution in [2.45, 2.75) is 25.8 Å². The Hall–Kier alpha value is -1.59. The quantitative estimate of drug-likeness (QED) is 0.871. The van der Waals surface area contributed by atoms with Crippen LogP contribution in [-0.2, 0) is 11.3 Å². The van der Waals surface area contributed by atoms with Crippen molar-refractivity contribution in [2.24, 2.45) is 5.41 Å². The molecule has 1 amide bonds. The molecule has 1 unspecified atom stereocenters. The summed E-state index contributed by atoms with van der Waals surface area (Å²) in [7, 11) is 0. The first-order chi connectivity index (χ1) is 10.8. The first kappa shape index (κ1) is 14.0. The van der Waals surface area contributed by atoms with Gasteiger partial charge < -0.3 is 9.32 Å². The third-order valence-corrected chi connectivity index (χ3v) is 5.62. The monoisotopic (exact) mass is 316 g/mol. The van der Waals surface area contributed by atoms with Crippen LogP contribution in [0.15, 0.2) is 39.6 Å². The van der Waals surface area contributed by atoms with E-state index < -0.39 is 0 Å². The predicted octanol–water partition coefficient (Wildman–Crippen LogP) is 3.36. The van der Waals surface area contributed by atoms with Gasteiger partial charge in [-0.1, -0.05) is 0 Å². The van der Waals surface area contributed by atoms with E-state index in [4.69, 9.17) is 4.42 Å². The van der Waals surface area contributed by atoms with Crippen molar-refractivity contribution < 1.29 is 9.21 Å². The Morgan fingerprint density at radius 1 is 1.27 bits per heavy atom. The van der Waals surface area contributed by atoms with Gasteiger partial charge in [-0.2, -0.15) is 11.3 Å². The van der Waals surface area contributed by atoms with Crippen LogP contribution >= 0.6 is 11.3 Å². The van der Waals surface area contributed by atoms with Crippen molar-refractivity contribution in [3.05, 3.63) is 41.0 Å². The summed E-state index contributed by atoms with van der Waals surface area (Å²) in [6, 6.07) is 5.98. The fraction of sp³-hybridized carbons (Fsp3) is 0.471. The van der Waals surface area contributed by atoms with Crippen molar-refractivity contribution in [2.75, 3.05) is 24.5 Å². The molecular weight excluding hydrogens is 296 g/mol. The number of hydrogen-bond donors (Lipinski definition) is 0. The van der Waals surface area contributed by atoms with Gasteiger partial charge in [0, 0.05) is 18.5 Å². The highest BCUT2D eigenvalue weighted by Crippen LogP contribution is 2.42. The average Bonchev–Trinajstić information content (AvgIpc) is 3.24. The van der Waals surface area contributed by atoms with E-state index in [0.717, 1.165) is 56.9 Å². The molecule has 4 heterocycles. The molecule has 4 nitrogen and oxygen atoms in total. The number of rotatable bonds is 3. The van der Waals surface area contributed by atoms with Gasteiger partial charge in [-0.15, -0.1) is 0 Å². The molecule has 0 bridgehead atoms. The van der Waals surface area contributed by atoms with E-state index in [1.807, 2.05) is 28.5 Å². The SMILES string of the molecule is O=C1N(c2ccsc2)CCC12CCCN(Cc1ccco1)C2. The maximum absolute atomic E-state index is 13.0. The molecule has 0 aromatic carbocycles. The summed E-state index contributed by atoms with van der Waals surface area (Å²) < 4.78 is 5.46. The summed E-state index contributed by atoms with van der Waals surface area (Å²) in [6.07, 6.45) is 4.79. The van der Waals surface area contributed by atoms with Gasteiger partial charge in [0.1, 0.15) is 5.76 Å². The van der Waals surface area contributed by atoms with Gasteiger partial charge in [-0.05, 0) is 49.4 Å². The maximum atomic E-state index is 13.0. The molecule has 22 heavy (non-hydrogen) atoms. The second-order valence-corrected chi connectivity index (χ2v) is 7.14. The molecule has 2 aromatic heterocycles. The van der Waals surface area contributed by atoms with Crippen LogP contribution < -0.4 is 4.90 Å². The lowest BCUT2D eigenvalue weighted by Gasteiger charge is -2.38. The van der Waals surface area contributed by atoms with Gasteiger partial charge in [-0.25, -0.2) is 0 Å². The van der Waals surface area contributed by atoms with E-state index in [0.29, 0.717) is 5.91 Å². The number of likely N-dealkylation sites (tertiary alicyclic amines) is 1. The summed E-state index contributed by atoms with van der Waals surface area (Å²) in [5.41, 5.74) is 0.877. The number of thiophene rings is 1. The summed E-state index contributed by atoms with van der Waals surface area (Å²) >= 11 is 1.65. The lowest BCUT2D eigenvalue weighted by Crippen LogP contribution is -2.47. The van der Waals surface area contributed by atoms with Crippen molar-refractivity contribution in [1.29, 1.82) is 0 Å². The molecule has 5 heteroatoms. The van der Waals surface area contributed by atoms with E-state index in [1.165, 1.54) is 0 Å². The average molecular weight is 316 g/mol. The number of hydrogen-bond acceptors (Lipinski definition) is 4. The number of carbonyl (C=O) groups excluding carboxylic acids is 1. The summed E-state index contributed by atoms with van der Waals surface area (Å²) in [5.74, 6) is 1.30. The minimum Gasteiger partial charge on any atom is -0.468 e. The van der Waals surface area contributed by atoms with Crippen LogP contribution in [0, 0.1) is 5.41 Å². The minimum atomic E-state index is -0.188. The number of amides is 1. The Labute approximate surface area is 134 Å². The molecule has 116 valence electrons. The van der Waals surface area contributed by atoms with Gasteiger partial charge >= 0.3 is 0 Å². The van der Waals surface area contributed by atoms with E-state index in [-0.39, 0.29) is 5.41 Å². The fourth-order valence-electron chi connectivity index (χ4n) is 3.84. The number of carbonyl (C=O) groups is 1. The number of nitrogens with zero attached hydrogens (tertiary/aromatic N) is 2. The van der Waals surface area contributed by atoms with Crippen LogP contribution in [0.25, 0.3) is 0 Å². The number of anilines is 1. The third-order valence-electron chi connectivity index (χ3n) is 4.95. The van der Waals surface area contributed by atoms with Crippen LogP contribution in [0.2, 0.25) is 0 Å². The fourth-order valence-corrected chi connectivity index (χ4v) is 4.48. The first-order valence-electron chi connectivity index (χ1n) is 7.86. The number of piperidine rings is 1. The Morgan fingerprint density at radius 3 is 3.00 bits per heavy atom. The highest BCUT2D eigenvalue weighted by Gasteiger charge is 2.49. The smallest absolute Gasteiger partial charge is 0.234 e. The minimum absolute atomic E-state index is 0.188. The van der Waals surface area contributed by atoms with E-state index in [2.05, 4.69) is 10.3 Å². The summed E-state index contributed by atoms with van der Waals surface area (Å²) in [5, 5.41) is 4.11. The topological polar surface area (TPSA) is 36.7 Å². The molecule has 0 radical (unpaired) electrons. The molecule has 1 spiro atoms. The van der Waals surface area contributed by atoms with Gasteiger partial charge in [-0.3, -0.25) is 9.69 Å². The molecular formula is C17H20N2O2S. The molecule has 0 N–H and O–H groups in total. The van der Waals surface area contributed by atoms with Crippen molar-refractivity contribution in [1.82, 2.24) is 4.90 Å². The zero-order valence-electron chi connectivity index (χ0n) is 12.5. The lowest BCUT2D eigenvalue weighted by atomic mass is 9.78. The zero-order chi connectivity index (χ0) is 15.0. The molecule has 2 aliphatic heterocycles. The molecule has 0 saturated carbocycles. The van der Waals surface area contributed by atoms with Crippen LogP contribution in [0.1, 0.15) is 25.0 Å². The second-order valence-electron chi connectivity index (χ2n) is 6.36. The van der Waals surface area contributed by atoms with Gasteiger partial charge in [0.05, 0.1) is 23.9 Å². The molecule has 1 atom stereocenters. The highest BCUT2D eigenvalue weighted by atomic mass is 32.1. The van der Waals surface area contributed by atoms with Crippen LogP contribution in [0.5, 0.6) is 0 Å². The third kappa shape index (κ3) is 2.38. The van der Waals surface area contributed by atoms with Crippen LogP contribution in [0.4, 0.5) is 5.69 Å². The second kappa shape index (κ2) is 5.56. The van der Waals surface area contributed by atoms with Crippen molar-refractivity contribution >= 4 is 22.9 Å². The van der Waals surface area contributed by atoms with E-state index in [9.17, 15) is 4.79 Å². The highest BCUT2D eigenvalue weighted by molar-refractivity contribution is 7.08. The molecule has 2 aliphatic rings. The molecule has 2 fully saturated rings. The Bertz CT molecular complexity index is 638. The first-order valence-corrected chi connectivity index (χ1v) is 8.80. The van der Waals surface area contributed by atoms with Crippen LogP contribution in [0.3, 0.4) is 0 Å². The normalized spacial score (nSPS) is 26.2. The molecule has 4 rings (SSSR count). The van der Waals surface area contributed by atoms with Crippen LogP contribution in [-0.4, -0.2) is 30.4 Å². The van der Waals surface area contributed by atoms with Gasteiger partial charge in [0.25, 0.3) is 0 Å². The largest absolute Gasteiger partial charge is 0.468 e. The Kier molecular flexibility index (Phi) is 3.54. The predicted molar refractivity (Wildman–Crippen MR) is 86.9 cm³/mol. The standard InChI is InChI=1S/C17H20N2O2S/c20-16-17(6-8-19(16)14-4-10-22-12-14)5-2-7-18(13-17)11-15-3-1-9-21-15/h1,3-4,9-10,12H,2,5-8,11,13H2. The van der Waals surface area contributed by atoms with E-state index in [1.54, 1.807) is 17.6 Å².